The predicted molar refractivity (Wildman–Crippen MR) is 90.8 cm³/mol. The molecule has 0 atom stereocenters. The predicted octanol–water partition coefficient (Wildman–Crippen LogP) is 2.64. The van der Waals surface area contributed by atoms with Gasteiger partial charge >= 0.3 is 5.97 Å². The third-order valence-corrected chi connectivity index (χ3v) is 3.79. The van der Waals surface area contributed by atoms with Crippen molar-refractivity contribution in [3.8, 4) is 22.6 Å². The van der Waals surface area contributed by atoms with E-state index in [2.05, 4.69) is 20.1 Å². The van der Waals surface area contributed by atoms with Gasteiger partial charge in [0.25, 0.3) is 0 Å². The summed E-state index contributed by atoms with van der Waals surface area (Å²) in [7, 11) is 1.34. The van der Waals surface area contributed by atoms with Gasteiger partial charge in [-0.1, -0.05) is 0 Å². The lowest BCUT2D eigenvalue weighted by Crippen LogP contribution is -2.06. The highest BCUT2D eigenvalue weighted by Crippen LogP contribution is 2.24. The molecule has 0 aromatic carbocycles. The average Bonchev–Trinajstić information content (AvgIpc) is 3.13. The van der Waals surface area contributed by atoms with Crippen LogP contribution >= 0.6 is 0 Å². The first-order valence-electron chi connectivity index (χ1n) is 7.57. The smallest absolute Gasteiger partial charge is 0.341 e. The summed E-state index contributed by atoms with van der Waals surface area (Å²) < 4.78 is 6.51. The van der Waals surface area contributed by atoms with Crippen LogP contribution in [0.25, 0.3) is 28.3 Å². The Kier molecular flexibility index (Phi) is 3.66. The highest BCUT2D eigenvalue weighted by atomic mass is 16.5. The van der Waals surface area contributed by atoms with Crippen LogP contribution < -0.4 is 0 Å². The highest BCUT2D eigenvalue weighted by molar-refractivity contribution is 5.96. The minimum absolute atomic E-state index is 0.350. The van der Waals surface area contributed by atoms with E-state index in [1.54, 1.807) is 35.4 Å². The van der Waals surface area contributed by atoms with Crippen molar-refractivity contribution in [1.29, 1.82) is 0 Å². The molecule has 0 aliphatic heterocycles. The first-order valence-corrected chi connectivity index (χ1v) is 7.57. The topological polar surface area (TPSA) is 82.3 Å². The van der Waals surface area contributed by atoms with E-state index in [4.69, 9.17) is 4.74 Å². The largest absolute Gasteiger partial charge is 0.465 e. The van der Waals surface area contributed by atoms with Crippen molar-refractivity contribution in [3.05, 3.63) is 66.7 Å². The first-order chi connectivity index (χ1) is 12.3. The molecular weight excluding hydrogens is 318 g/mol. The van der Waals surface area contributed by atoms with Crippen molar-refractivity contribution in [3.63, 3.8) is 0 Å². The van der Waals surface area contributed by atoms with Crippen LogP contribution in [0.2, 0.25) is 0 Å². The zero-order valence-electron chi connectivity index (χ0n) is 13.3. The van der Waals surface area contributed by atoms with Gasteiger partial charge in [0.15, 0.2) is 11.5 Å². The normalized spacial score (nSPS) is 10.8. The molecule has 122 valence electrons. The summed E-state index contributed by atoms with van der Waals surface area (Å²) >= 11 is 0. The number of hydrogen-bond donors (Lipinski definition) is 0. The van der Waals surface area contributed by atoms with Gasteiger partial charge in [0.05, 0.1) is 12.8 Å². The van der Waals surface area contributed by atoms with Crippen molar-refractivity contribution in [2.75, 3.05) is 7.11 Å². The average molecular weight is 331 g/mol. The molecule has 0 N–H and O–H groups in total. The van der Waals surface area contributed by atoms with Gasteiger partial charge < -0.3 is 4.74 Å². The number of carbonyl (C=O) groups excluding carboxylic acids is 1. The number of nitrogens with zero attached hydrogens (tertiary/aromatic N) is 5. The molecule has 7 heteroatoms. The quantitative estimate of drug-likeness (QED) is 0.537. The van der Waals surface area contributed by atoms with E-state index >= 15 is 0 Å². The number of rotatable bonds is 3. The lowest BCUT2D eigenvalue weighted by Gasteiger charge is -2.06. The van der Waals surface area contributed by atoms with Crippen LogP contribution in [-0.2, 0) is 4.74 Å². The van der Waals surface area contributed by atoms with E-state index < -0.39 is 5.97 Å². The van der Waals surface area contributed by atoms with Crippen LogP contribution in [0.1, 0.15) is 10.4 Å². The highest BCUT2D eigenvalue weighted by Gasteiger charge is 2.18. The van der Waals surface area contributed by atoms with Crippen LogP contribution in [0, 0.1) is 0 Å². The lowest BCUT2D eigenvalue weighted by atomic mass is 10.1. The molecule has 4 heterocycles. The summed E-state index contributed by atoms with van der Waals surface area (Å²) in [5, 5.41) is 4.57. The fourth-order valence-corrected chi connectivity index (χ4v) is 2.59. The van der Waals surface area contributed by atoms with Crippen LogP contribution in [0.15, 0.2) is 61.2 Å². The molecule has 0 aliphatic carbocycles. The number of methoxy groups -OCH3 is 1. The Labute approximate surface area is 143 Å². The Morgan fingerprint density at radius 3 is 2.56 bits per heavy atom. The van der Waals surface area contributed by atoms with Crippen LogP contribution in [-0.4, -0.2) is 37.6 Å². The van der Waals surface area contributed by atoms with E-state index in [0.717, 1.165) is 16.8 Å². The summed E-state index contributed by atoms with van der Waals surface area (Å²) in [4.78, 5) is 24.8. The Morgan fingerprint density at radius 2 is 1.84 bits per heavy atom. The maximum atomic E-state index is 12.1. The van der Waals surface area contributed by atoms with Gasteiger partial charge in [-0.2, -0.15) is 0 Å². The van der Waals surface area contributed by atoms with Gasteiger partial charge in [-0.3, -0.25) is 9.97 Å². The van der Waals surface area contributed by atoms with E-state index in [-0.39, 0.29) is 0 Å². The molecular formula is C18H13N5O2. The summed E-state index contributed by atoms with van der Waals surface area (Å²) in [6.45, 7) is 0. The van der Waals surface area contributed by atoms with E-state index in [0.29, 0.717) is 17.0 Å². The number of pyridine rings is 3. The minimum Gasteiger partial charge on any atom is -0.465 e. The monoisotopic (exact) mass is 331 g/mol. The molecule has 0 bridgehead atoms. The van der Waals surface area contributed by atoms with Crippen molar-refractivity contribution in [2.24, 2.45) is 0 Å². The van der Waals surface area contributed by atoms with Gasteiger partial charge in [0, 0.05) is 35.9 Å². The van der Waals surface area contributed by atoms with E-state index in [1.807, 2.05) is 30.3 Å². The molecule has 0 aliphatic rings. The second-order valence-corrected chi connectivity index (χ2v) is 5.27. The van der Waals surface area contributed by atoms with E-state index in [1.165, 1.54) is 7.11 Å². The summed E-state index contributed by atoms with van der Waals surface area (Å²) in [5.41, 5.74) is 3.26. The SMILES string of the molecule is COC(=O)c1ccc(-c2ccncc2)n2nc(-c3cccnc3)nc12. The summed E-state index contributed by atoms with van der Waals surface area (Å²) in [6.07, 6.45) is 6.77. The van der Waals surface area contributed by atoms with Crippen molar-refractivity contribution in [2.45, 2.75) is 0 Å². The van der Waals surface area contributed by atoms with Crippen molar-refractivity contribution >= 4 is 11.6 Å². The molecule has 0 fully saturated rings. The molecule has 0 saturated heterocycles. The Hall–Kier alpha value is -3.61. The fraction of sp³-hybridized carbons (Fsp3) is 0.0556. The maximum Gasteiger partial charge on any atom is 0.341 e. The Morgan fingerprint density at radius 1 is 1.00 bits per heavy atom. The third-order valence-electron chi connectivity index (χ3n) is 3.79. The second-order valence-electron chi connectivity index (χ2n) is 5.27. The molecule has 0 unspecified atom stereocenters. The van der Waals surface area contributed by atoms with Crippen molar-refractivity contribution in [1.82, 2.24) is 24.6 Å². The number of carbonyl (C=O) groups is 1. The molecule has 0 radical (unpaired) electrons. The second kappa shape index (κ2) is 6.12. The lowest BCUT2D eigenvalue weighted by molar-refractivity contribution is 0.0602. The van der Waals surface area contributed by atoms with Crippen LogP contribution in [0.5, 0.6) is 0 Å². The molecule has 0 spiro atoms. The first kappa shape index (κ1) is 14.9. The summed E-state index contributed by atoms with van der Waals surface area (Å²) in [6, 6.07) is 10.9. The summed E-state index contributed by atoms with van der Waals surface area (Å²) in [5.74, 6) is 0.0242. The minimum atomic E-state index is -0.462. The molecule has 7 nitrogen and oxygen atoms in total. The molecule has 4 aromatic rings. The third kappa shape index (κ3) is 2.61. The Balaban J connectivity index is 1.99. The number of aromatic nitrogens is 5. The van der Waals surface area contributed by atoms with Gasteiger partial charge in [-0.05, 0) is 36.4 Å². The fourth-order valence-electron chi connectivity index (χ4n) is 2.59. The molecule has 25 heavy (non-hydrogen) atoms. The standard InChI is InChI=1S/C18H13N5O2/c1-25-18(24)14-4-5-15(12-6-9-19-10-7-12)23-17(14)21-16(22-23)13-3-2-8-20-11-13/h2-11H,1H3. The van der Waals surface area contributed by atoms with Crippen LogP contribution in [0.3, 0.4) is 0 Å². The maximum absolute atomic E-state index is 12.1. The van der Waals surface area contributed by atoms with Gasteiger partial charge in [0.2, 0.25) is 0 Å². The zero-order chi connectivity index (χ0) is 17.2. The van der Waals surface area contributed by atoms with Crippen molar-refractivity contribution < 1.29 is 9.53 Å². The number of hydrogen-bond acceptors (Lipinski definition) is 6. The Bertz CT molecular complexity index is 1050. The van der Waals surface area contributed by atoms with Crippen LogP contribution in [0.4, 0.5) is 0 Å². The van der Waals surface area contributed by atoms with E-state index in [9.17, 15) is 4.79 Å². The number of esters is 1. The molecule has 4 aromatic heterocycles. The molecule has 4 rings (SSSR count). The van der Waals surface area contributed by atoms with Gasteiger partial charge in [-0.25, -0.2) is 14.3 Å². The molecule has 0 saturated carbocycles. The number of ether oxygens (including phenoxy) is 1. The number of fused-ring (bicyclic) bond motifs is 1. The van der Waals surface area contributed by atoms with Gasteiger partial charge in [0.1, 0.15) is 5.56 Å². The zero-order valence-corrected chi connectivity index (χ0v) is 13.3. The van der Waals surface area contributed by atoms with Gasteiger partial charge in [-0.15, -0.1) is 5.10 Å². The molecule has 0 amide bonds.